The maximum Gasteiger partial charge on any atom is 0.119 e. The van der Waals surface area contributed by atoms with Crippen LogP contribution in [-0.2, 0) is 6.61 Å². The van der Waals surface area contributed by atoms with Crippen LogP contribution in [0.4, 0.5) is 0 Å². The fraction of sp³-hybridized carbons (Fsp3) is 0.294. The molecule has 0 saturated heterocycles. The summed E-state index contributed by atoms with van der Waals surface area (Å²) in [5.74, 6) is 0.896. The Hall–Kier alpha value is -1.32. The molecule has 0 radical (unpaired) electrons. The van der Waals surface area contributed by atoms with Crippen LogP contribution in [0, 0.1) is 0 Å². The van der Waals surface area contributed by atoms with Gasteiger partial charge in [0.05, 0.1) is 0 Å². The summed E-state index contributed by atoms with van der Waals surface area (Å²) in [4.78, 5) is 0. The van der Waals surface area contributed by atoms with Gasteiger partial charge in [0, 0.05) is 16.1 Å². The molecule has 1 atom stereocenters. The first-order valence-electron chi connectivity index (χ1n) is 6.90. The van der Waals surface area contributed by atoms with Crippen molar-refractivity contribution < 1.29 is 4.74 Å². The van der Waals surface area contributed by atoms with Crippen LogP contribution in [0.3, 0.4) is 0 Å². The van der Waals surface area contributed by atoms with Crippen molar-refractivity contribution in [1.29, 1.82) is 0 Å². The lowest BCUT2D eigenvalue weighted by Gasteiger charge is -2.13. The number of hydrogen-bond donors (Lipinski definition) is 1. The first-order chi connectivity index (χ1) is 9.70. The topological polar surface area (TPSA) is 21.3 Å². The molecule has 2 aromatic carbocycles. The maximum absolute atomic E-state index is 5.82. The fourth-order valence-electron chi connectivity index (χ4n) is 2.05. The van der Waals surface area contributed by atoms with E-state index in [2.05, 4.69) is 53.3 Å². The minimum absolute atomic E-state index is 0.373. The molecule has 0 aliphatic heterocycles. The fourth-order valence-corrected chi connectivity index (χ4v) is 2.45. The lowest BCUT2D eigenvalue weighted by molar-refractivity contribution is 0.305. The average molecular weight is 334 g/mol. The van der Waals surface area contributed by atoms with E-state index in [1.165, 1.54) is 5.56 Å². The molecule has 0 bridgehead atoms. The van der Waals surface area contributed by atoms with Crippen molar-refractivity contribution in [1.82, 2.24) is 5.32 Å². The van der Waals surface area contributed by atoms with Crippen molar-refractivity contribution in [2.24, 2.45) is 0 Å². The Bertz CT molecular complexity index is 539. The molecular formula is C17H20BrNO. The molecule has 0 spiro atoms. The van der Waals surface area contributed by atoms with Gasteiger partial charge >= 0.3 is 0 Å². The standard InChI is InChI=1S/C17H20BrNO/c1-3-19-13(2)14-8-10-16(11-9-14)20-12-15-6-4-5-7-17(15)18/h4-11,13,19H,3,12H2,1-2H3. The Kier molecular flexibility index (Phi) is 5.62. The molecule has 0 aromatic heterocycles. The van der Waals surface area contributed by atoms with Gasteiger partial charge in [-0.15, -0.1) is 0 Å². The monoisotopic (exact) mass is 333 g/mol. The van der Waals surface area contributed by atoms with Crippen molar-refractivity contribution in [3.8, 4) is 5.75 Å². The highest BCUT2D eigenvalue weighted by Gasteiger charge is 2.04. The molecule has 3 heteroatoms. The Morgan fingerprint density at radius 3 is 2.45 bits per heavy atom. The van der Waals surface area contributed by atoms with E-state index in [4.69, 9.17) is 4.74 Å². The number of hydrogen-bond acceptors (Lipinski definition) is 2. The van der Waals surface area contributed by atoms with Gasteiger partial charge in [-0.2, -0.15) is 0 Å². The zero-order valence-electron chi connectivity index (χ0n) is 11.9. The summed E-state index contributed by atoms with van der Waals surface area (Å²) in [5.41, 5.74) is 2.43. The van der Waals surface area contributed by atoms with E-state index < -0.39 is 0 Å². The van der Waals surface area contributed by atoms with Crippen LogP contribution in [0.5, 0.6) is 5.75 Å². The maximum atomic E-state index is 5.82. The number of nitrogens with one attached hydrogen (secondary N) is 1. The first kappa shape index (κ1) is 15.1. The van der Waals surface area contributed by atoms with Gasteiger partial charge in [0.2, 0.25) is 0 Å². The Labute approximate surface area is 129 Å². The van der Waals surface area contributed by atoms with E-state index in [-0.39, 0.29) is 0 Å². The van der Waals surface area contributed by atoms with Crippen molar-refractivity contribution in [2.75, 3.05) is 6.54 Å². The lowest BCUT2D eigenvalue weighted by Crippen LogP contribution is -2.17. The number of halogens is 1. The van der Waals surface area contributed by atoms with E-state index in [0.717, 1.165) is 22.3 Å². The highest BCUT2D eigenvalue weighted by molar-refractivity contribution is 9.10. The van der Waals surface area contributed by atoms with Crippen molar-refractivity contribution in [2.45, 2.75) is 26.5 Å². The van der Waals surface area contributed by atoms with Gasteiger partial charge in [-0.3, -0.25) is 0 Å². The molecule has 0 fully saturated rings. The number of ether oxygens (including phenoxy) is 1. The van der Waals surface area contributed by atoms with Crippen LogP contribution in [0.2, 0.25) is 0 Å². The third kappa shape index (κ3) is 4.09. The van der Waals surface area contributed by atoms with Gasteiger partial charge in [0.25, 0.3) is 0 Å². The summed E-state index contributed by atoms with van der Waals surface area (Å²) in [7, 11) is 0. The quantitative estimate of drug-likeness (QED) is 0.827. The van der Waals surface area contributed by atoms with Gasteiger partial charge in [-0.05, 0) is 37.2 Å². The summed E-state index contributed by atoms with van der Waals surface area (Å²) in [6.07, 6.45) is 0. The zero-order chi connectivity index (χ0) is 14.4. The largest absolute Gasteiger partial charge is 0.489 e. The van der Waals surface area contributed by atoms with E-state index in [0.29, 0.717) is 12.6 Å². The first-order valence-corrected chi connectivity index (χ1v) is 7.69. The summed E-state index contributed by atoms with van der Waals surface area (Å²) in [6.45, 7) is 5.83. The molecule has 0 heterocycles. The van der Waals surface area contributed by atoms with Crippen LogP contribution < -0.4 is 10.1 Å². The normalized spacial score (nSPS) is 12.2. The number of benzene rings is 2. The second-order valence-electron chi connectivity index (χ2n) is 4.73. The van der Waals surface area contributed by atoms with E-state index >= 15 is 0 Å². The number of rotatable bonds is 6. The Morgan fingerprint density at radius 1 is 1.10 bits per heavy atom. The van der Waals surface area contributed by atoms with E-state index in [1.807, 2.05) is 30.3 Å². The second kappa shape index (κ2) is 7.46. The molecule has 0 aliphatic rings. The highest BCUT2D eigenvalue weighted by atomic mass is 79.9. The van der Waals surface area contributed by atoms with Gasteiger partial charge in [0.15, 0.2) is 0 Å². The molecule has 2 nitrogen and oxygen atoms in total. The third-order valence-electron chi connectivity index (χ3n) is 3.24. The SMILES string of the molecule is CCNC(C)c1ccc(OCc2ccccc2Br)cc1. The minimum Gasteiger partial charge on any atom is -0.489 e. The molecule has 2 rings (SSSR count). The van der Waals surface area contributed by atoms with Crippen LogP contribution in [0.1, 0.15) is 31.0 Å². The van der Waals surface area contributed by atoms with Gasteiger partial charge in [-0.1, -0.05) is 53.2 Å². The van der Waals surface area contributed by atoms with Crippen LogP contribution in [0.25, 0.3) is 0 Å². The van der Waals surface area contributed by atoms with E-state index in [1.54, 1.807) is 0 Å². The molecular weight excluding hydrogens is 314 g/mol. The molecule has 106 valence electrons. The van der Waals surface area contributed by atoms with Crippen molar-refractivity contribution in [3.63, 3.8) is 0 Å². The summed E-state index contributed by atoms with van der Waals surface area (Å²) >= 11 is 3.53. The Balaban J connectivity index is 1.96. The van der Waals surface area contributed by atoms with Crippen molar-refractivity contribution >= 4 is 15.9 Å². The lowest BCUT2D eigenvalue weighted by atomic mass is 10.1. The van der Waals surface area contributed by atoms with Gasteiger partial charge in [0.1, 0.15) is 12.4 Å². The molecule has 0 aliphatic carbocycles. The van der Waals surface area contributed by atoms with Crippen LogP contribution in [0.15, 0.2) is 53.0 Å². The molecule has 20 heavy (non-hydrogen) atoms. The summed E-state index contributed by atoms with van der Waals surface area (Å²) in [5, 5.41) is 3.40. The minimum atomic E-state index is 0.373. The molecule has 0 amide bonds. The zero-order valence-corrected chi connectivity index (χ0v) is 13.5. The van der Waals surface area contributed by atoms with Crippen molar-refractivity contribution in [3.05, 3.63) is 64.1 Å². The highest BCUT2D eigenvalue weighted by Crippen LogP contribution is 2.21. The second-order valence-corrected chi connectivity index (χ2v) is 5.58. The molecule has 2 aromatic rings. The van der Waals surface area contributed by atoms with Crippen LogP contribution in [-0.4, -0.2) is 6.54 Å². The average Bonchev–Trinajstić information content (AvgIpc) is 2.47. The van der Waals surface area contributed by atoms with Crippen LogP contribution >= 0.6 is 15.9 Å². The molecule has 1 unspecified atom stereocenters. The predicted molar refractivity (Wildman–Crippen MR) is 87.0 cm³/mol. The van der Waals surface area contributed by atoms with Gasteiger partial charge in [-0.25, -0.2) is 0 Å². The van der Waals surface area contributed by atoms with E-state index in [9.17, 15) is 0 Å². The third-order valence-corrected chi connectivity index (χ3v) is 4.02. The molecule has 1 N–H and O–H groups in total. The summed E-state index contributed by atoms with van der Waals surface area (Å²) < 4.78 is 6.90. The molecule has 0 saturated carbocycles. The van der Waals surface area contributed by atoms with Gasteiger partial charge < -0.3 is 10.1 Å². The predicted octanol–water partition coefficient (Wildman–Crippen LogP) is 4.70. The Morgan fingerprint density at radius 2 is 1.80 bits per heavy atom. The summed E-state index contributed by atoms with van der Waals surface area (Å²) in [6, 6.07) is 16.8. The smallest absolute Gasteiger partial charge is 0.119 e.